The molecule has 1 aliphatic heterocycles. The molecule has 0 radical (unpaired) electrons. The summed E-state index contributed by atoms with van der Waals surface area (Å²) in [7, 11) is 0. The van der Waals surface area contributed by atoms with Gasteiger partial charge in [-0.25, -0.2) is 10.4 Å². The van der Waals surface area contributed by atoms with Gasteiger partial charge in [0.15, 0.2) is 11.6 Å². The van der Waals surface area contributed by atoms with Gasteiger partial charge >= 0.3 is 6.18 Å². The van der Waals surface area contributed by atoms with Crippen molar-refractivity contribution in [2.75, 3.05) is 13.2 Å². The van der Waals surface area contributed by atoms with E-state index >= 15 is 0 Å². The highest BCUT2D eigenvalue weighted by Crippen LogP contribution is 2.46. The number of hydrazine groups is 1. The molecule has 4 aromatic rings. The lowest BCUT2D eigenvalue weighted by Crippen LogP contribution is -2.53. The molecule has 256 valence electrons. The van der Waals surface area contributed by atoms with E-state index in [1.54, 1.807) is 72.8 Å². The average molecular weight is 686 g/mol. The number of hydrogen-bond donors (Lipinski definition) is 3. The summed E-state index contributed by atoms with van der Waals surface area (Å²) in [5.74, 6) is -0.0857. The Labute approximate surface area is 283 Å². The maximum absolute atomic E-state index is 14.5. The molecule has 0 aromatic heterocycles. The number of nitrogens with one attached hydrogen (secondary N) is 2. The number of hydrogen-bond acceptors (Lipinski definition) is 8. The molecule has 50 heavy (non-hydrogen) atoms. The van der Waals surface area contributed by atoms with Gasteiger partial charge in [-0.2, -0.15) is 13.2 Å². The first-order chi connectivity index (χ1) is 24.2. The standard InChI is InChI=1S/C34H30F3N9O4/c35-34(36,37)25-14-10-22(11-15-25)21-40-44-32(48)33(20-24-6-1-3-8-28(24)42-45-38)30(27-7-2-4-9-29(27)43-46-39)50-31(41-33)23-12-16-26(17-13-23)49-19-5-18-47/h1-4,6-17,30,40,47H,5,18-21H2,(H,44,48)/t30-,33-/m0/s1. The SMILES string of the molecule is [N-]=[N+]=Nc1ccccc1C[C@]1(C(=O)NNCc2ccc(C(F)(F)F)cc2)N=C(c2ccc(OCCCO)cc2)O[C@H]1c1ccccc1N=[N+]=[N-]. The highest BCUT2D eigenvalue weighted by atomic mass is 19.4. The number of ether oxygens (including phenoxy) is 2. The van der Waals surface area contributed by atoms with Crippen molar-refractivity contribution >= 4 is 23.2 Å². The average Bonchev–Trinajstić information content (AvgIpc) is 3.50. The number of nitrogens with zero attached hydrogens (tertiary/aromatic N) is 7. The highest BCUT2D eigenvalue weighted by molar-refractivity contribution is 6.01. The van der Waals surface area contributed by atoms with Crippen LogP contribution in [0.1, 0.15) is 40.3 Å². The summed E-state index contributed by atoms with van der Waals surface area (Å²) in [4.78, 5) is 25.2. The maximum atomic E-state index is 14.5. The highest BCUT2D eigenvalue weighted by Gasteiger charge is 2.54. The van der Waals surface area contributed by atoms with Crippen LogP contribution >= 0.6 is 0 Å². The number of carbonyl (C=O) groups is 1. The number of halogens is 3. The minimum absolute atomic E-state index is 0.0203. The zero-order chi connectivity index (χ0) is 35.6. The van der Waals surface area contributed by atoms with E-state index in [1.165, 1.54) is 12.1 Å². The molecule has 3 N–H and O–H groups in total. The van der Waals surface area contributed by atoms with Crippen LogP contribution in [0.5, 0.6) is 5.75 Å². The zero-order valence-electron chi connectivity index (χ0n) is 26.3. The number of carbonyl (C=O) groups excluding carboxylic acids is 1. The summed E-state index contributed by atoms with van der Waals surface area (Å²) in [6, 6.07) is 24.4. The fourth-order valence-electron chi connectivity index (χ4n) is 5.35. The monoisotopic (exact) mass is 685 g/mol. The van der Waals surface area contributed by atoms with Crippen molar-refractivity contribution in [3.63, 3.8) is 0 Å². The van der Waals surface area contributed by atoms with Crippen LogP contribution in [0.15, 0.2) is 112 Å². The first-order valence-corrected chi connectivity index (χ1v) is 15.3. The minimum atomic E-state index is -4.50. The van der Waals surface area contributed by atoms with Gasteiger partial charge in [0.1, 0.15) is 5.75 Å². The zero-order valence-corrected chi connectivity index (χ0v) is 26.3. The molecule has 0 spiro atoms. The van der Waals surface area contributed by atoms with Gasteiger partial charge in [-0.05, 0) is 58.6 Å². The Hall–Kier alpha value is -6.05. The van der Waals surface area contributed by atoms with E-state index in [1.807, 2.05) is 0 Å². The molecule has 13 nitrogen and oxygen atoms in total. The third-order valence-corrected chi connectivity index (χ3v) is 7.78. The normalized spacial score (nSPS) is 16.7. The van der Waals surface area contributed by atoms with Crippen LogP contribution in [0.4, 0.5) is 24.5 Å². The predicted octanol–water partition coefficient (Wildman–Crippen LogP) is 7.67. The second kappa shape index (κ2) is 15.9. The van der Waals surface area contributed by atoms with Crippen LogP contribution in [-0.4, -0.2) is 35.7 Å². The Balaban J connectivity index is 1.57. The predicted molar refractivity (Wildman–Crippen MR) is 177 cm³/mol. The molecule has 0 aliphatic carbocycles. The number of azide groups is 2. The molecule has 0 bridgehead atoms. The van der Waals surface area contributed by atoms with Gasteiger partial charge in [0, 0.05) is 58.3 Å². The molecule has 0 unspecified atom stereocenters. The van der Waals surface area contributed by atoms with E-state index in [-0.39, 0.29) is 36.8 Å². The molecular weight excluding hydrogens is 655 g/mol. The Morgan fingerprint density at radius 1 is 0.940 bits per heavy atom. The summed E-state index contributed by atoms with van der Waals surface area (Å²) in [6.45, 7) is 0.247. The fraction of sp³-hybridized carbons (Fsp3) is 0.235. The smallest absolute Gasteiger partial charge is 0.416 e. The lowest BCUT2D eigenvalue weighted by molar-refractivity contribution is -0.137. The van der Waals surface area contributed by atoms with Gasteiger partial charge in [0.2, 0.25) is 5.90 Å². The van der Waals surface area contributed by atoms with Crippen LogP contribution < -0.4 is 15.6 Å². The number of benzene rings is 4. The molecule has 0 saturated heterocycles. The lowest BCUT2D eigenvalue weighted by Gasteiger charge is -2.31. The minimum Gasteiger partial charge on any atom is -0.494 e. The molecular formula is C34H30F3N9O4. The van der Waals surface area contributed by atoms with Crippen molar-refractivity contribution in [1.29, 1.82) is 0 Å². The van der Waals surface area contributed by atoms with Crippen molar-refractivity contribution in [2.45, 2.75) is 37.2 Å². The van der Waals surface area contributed by atoms with Crippen LogP contribution in [0, 0.1) is 0 Å². The molecule has 1 aliphatic rings. The van der Waals surface area contributed by atoms with Gasteiger partial charge in [0.25, 0.3) is 5.91 Å². The molecule has 0 saturated carbocycles. The molecule has 4 aromatic carbocycles. The van der Waals surface area contributed by atoms with Crippen LogP contribution in [-0.2, 0) is 28.7 Å². The Kier molecular flexibility index (Phi) is 11.2. The van der Waals surface area contributed by atoms with Crippen molar-refractivity contribution in [3.8, 4) is 5.75 Å². The van der Waals surface area contributed by atoms with Crippen LogP contribution in [0.25, 0.3) is 20.9 Å². The van der Waals surface area contributed by atoms with E-state index in [0.717, 1.165) is 12.1 Å². The van der Waals surface area contributed by atoms with Crippen LogP contribution in [0.3, 0.4) is 0 Å². The van der Waals surface area contributed by atoms with E-state index in [9.17, 15) is 29.0 Å². The Morgan fingerprint density at radius 2 is 1.60 bits per heavy atom. The summed E-state index contributed by atoms with van der Waals surface area (Å²) < 4.78 is 51.3. The number of aliphatic imine (C=N–C) groups is 1. The third-order valence-electron chi connectivity index (χ3n) is 7.78. The summed E-state index contributed by atoms with van der Waals surface area (Å²) in [6.07, 6.45) is -5.39. The fourth-order valence-corrected chi connectivity index (χ4v) is 5.35. The van der Waals surface area contributed by atoms with E-state index in [4.69, 9.17) is 19.6 Å². The summed E-state index contributed by atoms with van der Waals surface area (Å²) >= 11 is 0. The van der Waals surface area contributed by atoms with Crippen molar-refractivity contribution in [1.82, 2.24) is 10.9 Å². The topological polar surface area (TPSA) is 190 Å². The molecule has 0 fully saturated rings. The van der Waals surface area contributed by atoms with Gasteiger partial charge < -0.3 is 14.6 Å². The molecule has 2 atom stereocenters. The molecule has 16 heteroatoms. The number of aliphatic hydroxyl groups is 1. The molecule has 1 heterocycles. The second-order valence-electron chi connectivity index (χ2n) is 11.0. The van der Waals surface area contributed by atoms with E-state index in [2.05, 4.69) is 30.9 Å². The lowest BCUT2D eigenvalue weighted by atomic mass is 9.81. The quantitative estimate of drug-likeness (QED) is 0.0403. The second-order valence-corrected chi connectivity index (χ2v) is 11.0. The summed E-state index contributed by atoms with van der Waals surface area (Å²) in [5, 5.41) is 16.7. The van der Waals surface area contributed by atoms with Gasteiger partial charge in [-0.1, -0.05) is 70.9 Å². The molecule has 5 rings (SSSR count). The maximum Gasteiger partial charge on any atom is 0.416 e. The Bertz CT molecular complexity index is 1940. The number of alkyl halides is 3. The van der Waals surface area contributed by atoms with E-state index < -0.39 is 29.3 Å². The molecule has 1 amide bonds. The largest absolute Gasteiger partial charge is 0.494 e. The van der Waals surface area contributed by atoms with Crippen LogP contribution in [0.2, 0.25) is 0 Å². The van der Waals surface area contributed by atoms with Gasteiger partial charge in [-0.3, -0.25) is 10.2 Å². The Morgan fingerprint density at radius 3 is 2.28 bits per heavy atom. The number of aliphatic hydroxyl groups excluding tert-OH is 1. The van der Waals surface area contributed by atoms with Gasteiger partial charge in [0.05, 0.1) is 12.2 Å². The van der Waals surface area contributed by atoms with Gasteiger partial charge in [-0.15, -0.1) is 0 Å². The first kappa shape index (κ1) is 35.3. The third kappa shape index (κ3) is 8.14. The van der Waals surface area contributed by atoms with E-state index in [0.29, 0.717) is 41.0 Å². The van der Waals surface area contributed by atoms with Crippen molar-refractivity contribution in [3.05, 3.63) is 146 Å². The number of amides is 1. The van der Waals surface area contributed by atoms with Crippen molar-refractivity contribution in [2.24, 2.45) is 15.2 Å². The summed E-state index contributed by atoms with van der Waals surface area (Å²) in [5.41, 5.74) is 23.6. The number of rotatable bonds is 14. The van der Waals surface area contributed by atoms with Crippen molar-refractivity contribution < 1.29 is 32.5 Å². The first-order valence-electron chi connectivity index (χ1n) is 15.3.